The summed E-state index contributed by atoms with van der Waals surface area (Å²) in [6, 6.07) is 17.2. The number of carbonyl (C=O) groups is 3. The summed E-state index contributed by atoms with van der Waals surface area (Å²) in [6.45, 7) is 7.12. The molecule has 230 valence electrons. The Morgan fingerprint density at radius 2 is 1.77 bits per heavy atom. The molecule has 3 N–H and O–H groups in total. The quantitative estimate of drug-likeness (QED) is 0.435. The van der Waals surface area contributed by atoms with Crippen LogP contribution in [-0.2, 0) is 25.5 Å². The zero-order chi connectivity index (χ0) is 30.2. The number of amides is 3. The number of benzene rings is 2. The first-order chi connectivity index (χ1) is 20.8. The van der Waals surface area contributed by atoms with Crippen LogP contribution in [0.5, 0.6) is 0 Å². The predicted molar refractivity (Wildman–Crippen MR) is 169 cm³/mol. The van der Waals surface area contributed by atoms with Crippen LogP contribution in [0.25, 0.3) is 0 Å². The molecule has 0 aromatic heterocycles. The SMILES string of the molecule is CC(C)c1ccc(NC(=O)CN2CC[C@@H]3NC(=O)[C@@H](Cc4ccccc4)NC(=O)C4(CC=CC[C@@H]3C2)CCOCC4)cc1. The first-order valence-electron chi connectivity index (χ1n) is 15.8. The number of likely N-dealkylation sites (tertiary alicyclic amines) is 1. The number of rotatable bonds is 6. The Labute approximate surface area is 255 Å². The fourth-order valence-corrected chi connectivity index (χ4v) is 6.55. The average molecular weight is 587 g/mol. The van der Waals surface area contributed by atoms with Crippen molar-refractivity contribution in [3.05, 3.63) is 77.9 Å². The molecule has 8 heteroatoms. The van der Waals surface area contributed by atoms with Gasteiger partial charge in [0, 0.05) is 44.5 Å². The van der Waals surface area contributed by atoms with Crippen molar-refractivity contribution >= 4 is 23.4 Å². The van der Waals surface area contributed by atoms with E-state index in [9.17, 15) is 14.4 Å². The molecule has 0 radical (unpaired) electrons. The maximum atomic E-state index is 13.8. The van der Waals surface area contributed by atoms with E-state index in [1.807, 2.05) is 42.5 Å². The Balaban J connectivity index is 1.29. The third-order valence-electron chi connectivity index (χ3n) is 9.32. The van der Waals surface area contributed by atoms with Crippen molar-refractivity contribution in [2.24, 2.45) is 11.3 Å². The molecular formula is C35H46N4O4. The number of piperidine rings is 1. The molecule has 3 aliphatic heterocycles. The maximum Gasteiger partial charge on any atom is 0.243 e. The molecular weight excluding hydrogens is 540 g/mol. The summed E-state index contributed by atoms with van der Waals surface area (Å²) in [5, 5.41) is 9.50. The van der Waals surface area contributed by atoms with Gasteiger partial charge in [0.05, 0.1) is 12.0 Å². The molecule has 0 bridgehead atoms. The van der Waals surface area contributed by atoms with Crippen LogP contribution in [0.15, 0.2) is 66.7 Å². The third kappa shape index (κ3) is 8.12. The van der Waals surface area contributed by atoms with Gasteiger partial charge in [0.15, 0.2) is 0 Å². The lowest BCUT2D eigenvalue weighted by atomic mass is 9.75. The van der Waals surface area contributed by atoms with Crippen LogP contribution in [0.4, 0.5) is 5.69 Å². The molecule has 3 heterocycles. The van der Waals surface area contributed by atoms with Gasteiger partial charge >= 0.3 is 0 Å². The summed E-state index contributed by atoms with van der Waals surface area (Å²) in [4.78, 5) is 42.7. The second-order valence-electron chi connectivity index (χ2n) is 12.7. The molecule has 0 saturated carbocycles. The molecule has 0 aliphatic carbocycles. The van der Waals surface area contributed by atoms with Crippen LogP contribution in [0.3, 0.4) is 0 Å². The minimum Gasteiger partial charge on any atom is -0.381 e. The lowest BCUT2D eigenvalue weighted by Gasteiger charge is -2.40. The first kappa shape index (κ1) is 31.0. The third-order valence-corrected chi connectivity index (χ3v) is 9.32. The predicted octanol–water partition coefficient (Wildman–Crippen LogP) is 4.43. The highest BCUT2D eigenvalue weighted by Gasteiger charge is 2.41. The Morgan fingerprint density at radius 1 is 1.02 bits per heavy atom. The van der Waals surface area contributed by atoms with E-state index in [0.29, 0.717) is 64.4 Å². The van der Waals surface area contributed by atoms with E-state index in [0.717, 1.165) is 24.1 Å². The largest absolute Gasteiger partial charge is 0.381 e. The average Bonchev–Trinajstić information content (AvgIpc) is 3.00. The number of fused-ring (bicyclic) bond motifs is 1. The van der Waals surface area contributed by atoms with Gasteiger partial charge in [-0.25, -0.2) is 0 Å². The summed E-state index contributed by atoms with van der Waals surface area (Å²) in [6.07, 6.45) is 8.16. The molecule has 2 fully saturated rings. The Kier molecular flexibility index (Phi) is 10.3. The summed E-state index contributed by atoms with van der Waals surface area (Å²) in [5.74, 6) is 0.364. The second-order valence-corrected chi connectivity index (χ2v) is 12.7. The maximum absolute atomic E-state index is 13.8. The standard InChI is InChI=1S/C35H46N4O4/c1-25(2)27-11-13-29(14-12-27)36-32(40)24-39-19-15-30-28(23-39)10-6-7-16-35(17-20-43-21-18-35)34(42)38-31(33(41)37-30)22-26-8-4-3-5-9-26/h3-9,11-14,25,28,30-31H,10,15-24H2,1-2H3,(H,36,40)(H,37,41)(H,38,42)/t28-,30+,31-/m1/s1. The Morgan fingerprint density at radius 3 is 2.49 bits per heavy atom. The highest BCUT2D eigenvalue weighted by molar-refractivity contribution is 5.92. The van der Waals surface area contributed by atoms with Gasteiger partial charge < -0.3 is 20.7 Å². The van der Waals surface area contributed by atoms with Crippen LogP contribution in [0, 0.1) is 11.3 Å². The zero-order valence-electron chi connectivity index (χ0n) is 25.5. The van der Waals surface area contributed by atoms with E-state index in [1.54, 1.807) is 0 Å². The van der Waals surface area contributed by atoms with Crippen LogP contribution < -0.4 is 16.0 Å². The van der Waals surface area contributed by atoms with Gasteiger partial charge in [-0.2, -0.15) is 0 Å². The lowest BCUT2D eigenvalue weighted by Crippen LogP contribution is -2.58. The minimum atomic E-state index is -0.662. The molecule has 3 amide bonds. The molecule has 43 heavy (non-hydrogen) atoms. The van der Waals surface area contributed by atoms with Crippen LogP contribution in [0.2, 0.25) is 0 Å². The second kappa shape index (κ2) is 14.3. The van der Waals surface area contributed by atoms with Crippen molar-refractivity contribution in [2.45, 2.75) is 70.4 Å². The minimum absolute atomic E-state index is 0.0319. The molecule has 1 spiro atoms. The van der Waals surface area contributed by atoms with Gasteiger partial charge in [0.1, 0.15) is 6.04 Å². The number of anilines is 1. The highest BCUT2D eigenvalue weighted by Crippen LogP contribution is 2.36. The van der Waals surface area contributed by atoms with Gasteiger partial charge in [-0.1, -0.05) is 68.5 Å². The van der Waals surface area contributed by atoms with Gasteiger partial charge in [-0.3, -0.25) is 19.3 Å². The van der Waals surface area contributed by atoms with E-state index < -0.39 is 11.5 Å². The summed E-state index contributed by atoms with van der Waals surface area (Å²) in [7, 11) is 0. The summed E-state index contributed by atoms with van der Waals surface area (Å²) < 4.78 is 5.61. The number of allylic oxidation sites excluding steroid dienone is 2. The number of nitrogens with one attached hydrogen (secondary N) is 3. The van der Waals surface area contributed by atoms with E-state index in [1.165, 1.54) is 5.56 Å². The number of hydrogen-bond acceptors (Lipinski definition) is 5. The number of carbonyl (C=O) groups excluding carboxylic acids is 3. The molecule has 3 atom stereocenters. The topological polar surface area (TPSA) is 99.8 Å². The van der Waals surface area contributed by atoms with Crippen molar-refractivity contribution in [1.29, 1.82) is 0 Å². The van der Waals surface area contributed by atoms with E-state index in [4.69, 9.17) is 4.74 Å². The lowest BCUT2D eigenvalue weighted by molar-refractivity contribution is -0.140. The van der Waals surface area contributed by atoms with Gasteiger partial charge in [-0.05, 0) is 67.2 Å². The van der Waals surface area contributed by atoms with E-state index in [-0.39, 0.29) is 29.7 Å². The first-order valence-corrected chi connectivity index (χ1v) is 15.8. The molecule has 8 nitrogen and oxygen atoms in total. The van der Waals surface area contributed by atoms with Gasteiger partial charge in [-0.15, -0.1) is 0 Å². The normalized spacial score (nSPS) is 24.8. The van der Waals surface area contributed by atoms with Crippen LogP contribution in [0.1, 0.15) is 63.0 Å². The van der Waals surface area contributed by atoms with Crippen molar-refractivity contribution < 1.29 is 19.1 Å². The molecule has 5 rings (SSSR count). The summed E-state index contributed by atoms with van der Waals surface area (Å²) >= 11 is 0. The van der Waals surface area contributed by atoms with Crippen LogP contribution in [-0.4, -0.2) is 67.6 Å². The molecule has 2 saturated heterocycles. The molecule has 3 aliphatic rings. The van der Waals surface area contributed by atoms with Crippen molar-refractivity contribution in [1.82, 2.24) is 15.5 Å². The van der Waals surface area contributed by atoms with Gasteiger partial charge in [0.25, 0.3) is 0 Å². The fraction of sp³-hybridized carbons (Fsp3) is 0.514. The van der Waals surface area contributed by atoms with Crippen molar-refractivity contribution in [3.63, 3.8) is 0 Å². The van der Waals surface area contributed by atoms with Crippen molar-refractivity contribution in [2.75, 3.05) is 38.2 Å². The van der Waals surface area contributed by atoms with E-state index in [2.05, 4.69) is 59.0 Å². The van der Waals surface area contributed by atoms with Crippen LogP contribution >= 0.6 is 0 Å². The smallest absolute Gasteiger partial charge is 0.243 e. The monoisotopic (exact) mass is 586 g/mol. The number of hydrogen-bond donors (Lipinski definition) is 3. The number of ether oxygens (including phenoxy) is 1. The number of nitrogens with zero attached hydrogens (tertiary/aromatic N) is 1. The Hall–Kier alpha value is -3.49. The molecule has 2 aromatic carbocycles. The molecule has 2 aromatic rings. The van der Waals surface area contributed by atoms with Gasteiger partial charge in [0.2, 0.25) is 17.7 Å². The zero-order valence-corrected chi connectivity index (χ0v) is 25.5. The highest BCUT2D eigenvalue weighted by atomic mass is 16.5. The van der Waals surface area contributed by atoms with E-state index >= 15 is 0 Å². The Bertz CT molecular complexity index is 1270. The van der Waals surface area contributed by atoms with Crippen molar-refractivity contribution in [3.8, 4) is 0 Å². The fourth-order valence-electron chi connectivity index (χ4n) is 6.55. The summed E-state index contributed by atoms with van der Waals surface area (Å²) in [5.41, 5.74) is 2.48. The molecule has 0 unspecified atom stereocenters.